The molecule has 92 valence electrons. The van der Waals surface area contributed by atoms with Crippen LogP contribution >= 0.6 is 15.9 Å². The van der Waals surface area contributed by atoms with Crippen molar-refractivity contribution in [3.05, 3.63) is 52.5 Å². The SMILES string of the molecule is CC(c1ccccc1Br)n1cncc1C(=O)C=O. The maximum atomic E-state index is 11.5. The number of aldehydes is 1. The molecular weight excluding hydrogens is 296 g/mol. The second-order valence-electron chi connectivity index (χ2n) is 3.87. The molecule has 0 bridgehead atoms. The van der Waals surface area contributed by atoms with Crippen LogP contribution in [0.25, 0.3) is 0 Å². The van der Waals surface area contributed by atoms with Crippen molar-refractivity contribution in [1.82, 2.24) is 9.55 Å². The maximum absolute atomic E-state index is 11.5. The van der Waals surface area contributed by atoms with E-state index < -0.39 is 5.78 Å². The van der Waals surface area contributed by atoms with Crippen LogP contribution in [0, 0.1) is 0 Å². The quantitative estimate of drug-likeness (QED) is 0.496. The lowest BCUT2D eigenvalue weighted by molar-refractivity contribution is -0.104. The van der Waals surface area contributed by atoms with E-state index in [1.807, 2.05) is 31.2 Å². The number of hydrogen-bond acceptors (Lipinski definition) is 3. The van der Waals surface area contributed by atoms with Gasteiger partial charge in [-0.3, -0.25) is 9.59 Å². The van der Waals surface area contributed by atoms with Crippen molar-refractivity contribution in [3.8, 4) is 0 Å². The van der Waals surface area contributed by atoms with Crippen LogP contribution in [0.15, 0.2) is 41.3 Å². The van der Waals surface area contributed by atoms with E-state index in [-0.39, 0.29) is 6.04 Å². The van der Waals surface area contributed by atoms with E-state index in [2.05, 4.69) is 20.9 Å². The molecule has 1 aromatic carbocycles. The van der Waals surface area contributed by atoms with Crippen LogP contribution in [-0.4, -0.2) is 21.6 Å². The summed E-state index contributed by atoms with van der Waals surface area (Å²) in [6.07, 6.45) is 3.27. The molecular formula is C13H11BrN2O2. The number of rotatable bonds is 4. The van der Waals surface area contributed by atoms with Gasteiger partial charge in [0, 0.05) is 4.47 Å². The summed E-state index contributed by atoms with van der Waals surface area (Å²) in [5.74, 6) is -0.564. The smallest absolute Gasteiger partial charge is 0.243 e. The molecule has 0 saturated carbocycles. The fourth-order valence-electron chi connectivity index (χ4n) is 1.83. The number of imidazole rings is 1. The number of Topliss-reactive ketones (excluding diaryl/α,β-unsaturated/α-hetero) is 1. The van der Waals surface area contributed by atoms with Gasteiger partial charge in [-0.15, -0.1) is 0 Å². The van der Waals surface area contributed by atoms with Gasteiger partial charge in [0.25, 0.3) is 0 Å². The van der Waals surface area contributed by atoms with Crippen LogP contribution < -0.4 is 0 Å². The summed E-state index contributed by atoms with van der Waals surface area (Å²) in [5, 5.41) is 0. The number of carbonyl (C=O) groups is 2. The Kier molecular flexibility index (Phi) is 3.72. The molecule has 0 aliphatic rings. The van der Waals surface area contributed by atoms with Gasteiger partial charge in [-0.2, -0.15) is 0 Å². The van der Waals surface area contributed by atoms with Crippen molar-refractivity contribution >= 4 is 28.0 Å². The predicted octanol–water partition coefficient (Wildman–Crippen LogP) is 2.64. The van der Waals surface area contributed by atoms with Crippen LogP contribution in [0.5, 0.6) is 0 Å². The molecule has 5 heteroatoms. The summed E-state index contributed by atoms with van der Waals surface area (Å²) >= 11 is 3.47. The molecule has 0 aliphatic carbocycles. The van der Waals surface area contributed by atoms with Gasteiger partial charge in [0.1, 0.15) is 5.69 Å². The Hall–Kier alpha value is -1.75. The maximum Gasteiger partial charge on any atom is 0.243 e. The number of aromatic nitrogens is 2. The number of ketones is 1. The molecule has 0 N–H and O–H groups in total. The predicted molar refractivity (Wildman–Crippen MR) is 70.6 cm³/mol. The van der Waals surface area contributed by atoms with E-state index >= 15 is 0 Å². The van der Waals surface area contributed by atoms with Crippen molar-refractivity contribution in [1.29, 1.82) is 0 Å². The van der Waals surface area contributed by atoms with E-state index in [1.54, 1.807) is 10.9 Å². The molecule has 1 atom stereocenters. The van der Waals surface area contributed by atoms with Crippen LogP contribution in [-0.2, 0) is 4.79 Å². The zero-order chi connectivity index (χ0) is 13.1. The highest BCUT2D eigenvalue weighted by Gasteiger charge is 2.17. The second kappa shape index (κ2) is 5.27. The molecule has 2 aromatic rings. The Balaban J connectivity index is 2.44. The molecule has 1 unspecified atom stereocenters. The average Bonchev–Trinajstić information content (AvgIpc) is 2.86. The number of hydrogen-bond donors (Lipinski definition) is 0. The Morgan fingerprint density at radius 3 is 2.83 bits per heavy atom. The fraction of sp³-hybridized carbons (Fsp3) is 0.154. The molecule has 0 spiro atoms. The monoisotopic (exact) mass is 306 g/mol. The van der Waals surface area contributed by atoms with Crippen LogP contribution in [0.3, 0.4) is 0 Å². The first-order valence-corrected chi connectivity index (χ1v) is 6.20. The molecule has 0 amide bonds. The lowest BCUT2D eigenvalue weighted by Crippen LogP contribution is -2.14. The molecule has 1 aromatic heterocycles. The minimum absolute atomic E-state index is 0.0815. The van der Waals surface area contributed by atoms with Gasteiger partial charge in [-0.05, 0) is 18.6 Å². The highest BCUT2D eigenvalue weighted by Crippen LogP contribution is 2.26. The van der Waals surface area contributed by atoms with E-state index in [4.69, 9.17) is 0 Å². The largest absolute Gasteiger partial charge is 0.320 e. The molecule has 0 radical (unpaired) electrons. The molecule has 4 nitrogen and oxygen atoms in total. The van der Waals surface area contributed by atoms with Crippen LogP contribution in [0.2, 0.25) is 0 Å². The number of nitrogens with zero attached hydrogens (tertiary/aromatic N) is 2. The van der Waals surface area contributed by atoms with Gasteiger partial charge in [0.05, 0.1) is 18.6 Å². The van der Waals surface area contributed by atoms with Gasteiger partial charge < -0.3 is 4.57 Å². The average molecular weight is 307 g/mol. The zero-order valence-corrected chi connectivity index (χ0v) is 11.3. The Labute approximate surface area is 113 Å². The van der Waals surface area contributed by atoms with Crippen molar-refractivity contribution < 1.29 is 9.59 Å². The zero-order valence-electron chi connectivity index (χ0n) is 9.71. The molecule has 0 aliphatic heterocycles. The summed E-state index contributed by atoms with van der Waals surface area (Å²) in [6.45, 7) is 1.95. The van der Waals surface area contributed by atoms with Gasteiger partial charge in [-0.1, -0.05) is 34.1 Å². The van der Waals surface area contributed by atoms with Crippen LogP contribution in [0.1, 0.15) is 29.0 Å². The first-order valence-electron chi connectivity index (χ1n) is 5.41. The molecule has 0 saturated heterocycles. The topological polar surface area (TPSA) is 52.0 Å². The number of halogens is 1. The Morgan fingerprint density at radius 2 is 2.17 bits per heavy atom. The van der Waals surface area contributed by atoms with Gasteiger partial charge in [-0.25, -0.2) is 4.98 Å². The fourth-order valence-corrected chi connectivity index (χ4v) is 2.44. The lowest BCUT2D eigenvalue weighted by atomic mass is 10.1. The summed E-state index contributed by atoms with van der Waals surface area (Å²) < 4.78 is 2.65. The Bertz CT molecular complexity index is 592. The third-order valence-corrected chi connectivity index (χ3v) is 3.52. The number of carbonyl (C=O) groups excluding carboxylic acids is 2. The van der Waals surface area contributed by atoms with E-state index in [9.17, 15) is 9.59 Å². The third-order valence-electron chi connectivity index (χ3n) is 2.80. The van der Waals surface area contributed by atoms with Crippen LogP contribution in [0.4, 0.5) is 0 Å². The Morgan fingerprint density at radius 1 is 1.44 bits per heavy atom. The minimum atomic E-state index is -0.564. The van der Waals surface area contributed by atoms with Crippen molar-refractivity contribution in [3.63, 3.8) is 0 Å². The summed E-state index contributed by atoms with van der Waals surface area (Å²) in [7, 11) is 0. The highest BCUT2D eigenvalue weighted by atomic mass is 79.9. The standard InChI is InChI=1S/C13H11BrN2O2/c1-9(10-4-2-3-5-11(10)14)16-8-15-6-12(16)13(18)7-17/h2-9H,1H3. The first-order chi connectivity index (χ1) is 8.65. The van der Waals surface area contributed by atoms with Gasteiger partial charge >= 0.3 is 0 Å². The van der Waals surface area contributed by atoms with E-state index in [0.717, 1.165) is 10.0 Å². The van der Waals surface area contributed by atoms with E-state index in [1.165, 1.54) is 6.20 Å². The lowest BCUT2D eigenvalue weighted by Gasteiger charge is -2.17. The number of benzene rings is 1. The summed E-state index contributed by atoms with van der Waals surface area (Å²) in [4.78, 5) is 26.0. The third kappa shape index (κ3) is 2.26. The molecule has 18 heavy (non-hydrogen) atoms. The molecule has 2 rings (SSSR count). The van der Waals surface area contributed by atoms with Crippen molar-refractivity contribution in [2.24, 2.45) is 0 Å². The molecule has 0 fully saturated rings. The summed E-state index contributed by atoms with van der Waals surface area (Å²) in [6, 6.07) is 7.66. The molecule has 1 heterocycles. The van der Waals surface area contributed by atoms with Gasteiger partial charge in [0.2, 0.25) is 5.78 Å². The van der Waals surface area contributed by atoms with Crippen molar-refractivity contribution in [2.75, 3.05) is 0 Å². The first kappa shape index (κ1) is 12.7. The van der Waals surface area contributed by atoms with E-state index in [0.29, 0.717) is 12.0 Å². The summed E-state index contributed by atoms with van der Waals surface area (Å²) in [5.41, 5.74) is 1.32. The highest BCUT2D eigenvalue weighted by molar-refractivity contribution is 9.10. The second-order valence-corrected chi connectivity index (χ2v) is 4.72. The minimum Gasteiger partial charge on any atom is -0.320 e. The van der Waals surface area contributed by atoms with Crippen molar-refractivity contribution in [2.45, 2.75) is 13.0 Å². The van der Waals surface area contributed by atoms with Gasteiger partial charge in [0.15, 0.2) is 6.29 Å². The normalized spacial score (nSPS) is 12.1.